The standard InChI is InChI=1S/C16H27NO/c1-4-10-16(18-6-3)15(17-5-2)13-14-11-8-7-9-12-14/h7-9,11-12,15-17H,4-6,10,13H2,1-3H3. The van der Waals surface area contributed by atoms with Gasteiger partial charge in [0.1, 0.15) is 0 Å². The molecule has 0 bridgehead atoms. The van der Waals surface area contributed by atoms with Crippen LogP contribution in [0.5, 0.6) is 0 Å². The summed E-state index contributed by atoms with van der Waals surface area (Å²) in [6, 6.07) is 11.1. The van der Waals surface area contributed by atoms with Crippen LogP contribution < -0.4 is 5.32 Å². The lowest BCUT2D eigenvalue weighted by molar-refractivity contribution is 0.0285. The first-order valence-electron chi connectivity index (χ1n) is 7.20. The average molecular weight is 249 g/mol. The number of hydrogen-bond donors (Lipinski definition) is 1. The normalized spacial score (nSPS) is 14.4. The van der Waals surface area contributed by atoms with Gasteiger partial charge in [0.15, 0.2) is 0 Å². The summed E-state index contributed by atoms with van der Waals surface area (Å²) in [6.07, 6.45) is 3.65. The maximum Gasteiger partial charge on any atom is 0.0731 e. The van der Waals surface area contributed by atoms with E-state index in [0.29, 0.717) is 12.1 Å². The first-order chi connectivity index (χ1) is 8.81. The molecule has 0 saturated heterocycles. The monoisotopic (exact) mass is 249 g/mol. The fourth-order valence-electron chi connectivity index (χ4n) is 2.36. The van der Waals surface area contributed by atoms with Gasteiger partial charge in [0.2, 0.25) is 0 Å². The van der Waals surface area contributed by atoms with Crippen LogP contribution in [0.1, 0.15) is 39.2 Å². The van der Waals surface area contributed by atoms with Crippen LogP contribution in [0.15, 0.2) is 30.3 Å². The molecule has 0 heterocycles. The smallest absolute Gasteiger partial charge is 0.0731 e. The minimum atomic E-state index is 0.320. The quantitative estimate of drug-likeness (QED) is 0.724. The first-order valence-corrected chi connectivity index (χ1v) is 7.20. The molecular formula is C16H27NO. The maximum atomic E-state index is 5.91. The fourth-order valence-corrected chi connectivity index (χ4v) is 2.36. The highest BCUT2D eigenvalue weighted by molar-refractivity contribution is 5.16. The van der Waals surface area contributed by atoms with Crippen LogP contribution >= 0.6 is 0 Å². The Morgan fingerprint density at radius 2 is 1.83 bits per heavy atom. The van der Waals surface area contributed by atoms with E-state index < -0.39 is 0 Å². The minimum Gasteiger partial charge on any atom is -0.377 e. The molecule has 1 N–H and O–H groups in total. The number of likely N-dealkylation sites (N-methyl/N-ethyl adjacent to an activating group) is 1. The lowest BCUT2D eigenvalue weighted by Gasteiger charge is -2.27. The second-order valence-electron chi connectivity index (χ2n) is 4.64. The largest absolute Gasteiger partial charge is 0.377 e. The number of nitrogens with one attached hydrogen (secondary N) is 1. The SMILES string of the molecule is CCCC(OCC)C(Cc1ccccc1)NCC. The molecule has 0 saturated carbocycles. The molecule has 1 aromatic rings. The van der Waals surface area contributed by atoms with E-state index in [-0.39, 0.29) is 0 Å². The van der Waals surface area contributed by atoms with Crippen molar-refractivity contribution >= 4 is 0 Å². The number of ether oxygens (including phenoxy) is 1. The second-order valence-corrected chi connectivity index (χ2v) is 4.64. The molecule has 0 aromatic heterocycles. The van der Waals surface area contributed by atoms with E-state index >= 15 is 0 Å². The van der Waals surface area contributed by atoms with Crippen molar-refractivity contribution in [3.8, 4) is 0 Å². The van der Waals surface area contributed by atoms with Gasteiger partial charge >= 0.3 is 0 Å². The van der Waals surface area contributed by atoms with Crippen molar-refractivity contribution in [2.75, 3.05) is 13.2 Å². The second kappa shape index (κ2) is 9.12. The van der Waals surface area contributed by atoms with Crippen molar-refractivity contribution in [1.82, 2.24) is 5.32 Å². The lowest BCUT2D eigenvalue weighted by atomic mass is 9.98. The van der Waals surface area contributed by atoms with Gasteiger partial charge in [-0.3, -0.25) is 0 Å². The highest BCUT2D eigenvalue weighted by Gasteiger charge is 2.20. The van der Waals surface area contributed by atoms with E-state index in [1.54, 1.807) is 0 Å². The summed E-state index contributed by atoms with van der Waals surface area (Å²) in [4.78, 5) is 0. The first kappa shape index (κ1) is 15.2. The molecule has 2 nitrogen and oxygen atoms in total. The van der Waals surface area contributed by atoms with Crippen LogP contribution in [-0.4, -0.2) is 25.3 Å². The lowest BCUT2D eigenvalue weighted by Crippen LogP contribution is -2.43. The van der Waals surface area contributed by atoms with E-state index in [2.05, 4.69) is 56.4 Å². The van der Waals surface area contributed by atoms with Gasteiger partial charge in [0, 0.05) is 12.6 Å². The van der Waals surface area contributed by atoms with E-state index in [1.807, 2.05) is 0 Å². The van der Waals surface area contributed by atoms with Crippen LogP contribution in [0.4, 0.5) is 0 Å². The number of rotatable bonds is 9. The Kier molecular flexibility index (Phi) is 7.70. The Labute approximate surface area is 112 Å². The van der Waals surface area contributed by atoms with Crippen LogP contribution in [0.25, 0.3) is 0 Å². The van der Waals surface area contributed by atoms with E-state index in [0.717, 1.165) is 26.0 Å². The number of benzene rings is 1. The predicted octanol–water partition coefficient (Wildman–Crippen LogP) is 3.41. The summed E-state index contributed by atoms with van der Waals surface area (Å²) in [5.41, 5.74) is 1.38. The topological polar surface area (TPSA) is 21.3 Å². The molecule has 0 spiro atoms. The summed E-state index contributed by atoms with van der Waals surface area (Å²) in [6.45, 7) is 8.24. The third kappa shape index (κ3) is 5.19. The fraction of sp³-hybridized carbons (Fsp3) is 0.625. The molecule has 2 unspecified atom stereocenters. The number of hydrogen-bond acceptors (Lipinski definition) is 2. The van der Waals surface area contributed by atoms with Crippen LogP contribution in [0, 0.1) is 0 Å². The van der Waals surface area contributed by atoms with Crippen molar-refractivity contribution in [1.29, 1.82) is 0 Å². The Morgan fingerprint density at radius 3 is 2.39 bits per heavy atom. The molecule has 2 atom stereocenters. The summed E-state index contributed by atoms with van der Waals surface area (Å²) in [7, 11) is 0. The highest BCUT2D eigenvalue weighted by Crippen LogP contribution is 2.13. The van der Waals surface area contributed by atoms with Gasteiger partial charge in [-0.2, -0.15) is 0 Å². The Bertz CT molecular complexity index is 293. The zero-order valence-electron chi connectivity index (χ0n) is 12.0. The maximum absolute atomic E-state index is 5.91. The van der Waals surface area contributed by atoms with Crippen molar-refractivity contribution in [3.63, 3.8) is 0 Å². The molecule has 18 heavy (non-hydrogen) atoms. The van der Waals surface area contributed by atoms with Gasteiger partial charge in [0.05, 0.1) is 6.10 Å². The van der Waals surface area contributed by atoms with E-state index in [1.165, 1.54) is 12.0 Å². The molecule has 0 aliphatic heterocycles. The van der Waals surface area contributed by atoms with Gasteiger partial charge in [-0.25, -0.2) is 0 Å². The predicted molar refractivity (Wildman–Crippen MR) is 77.9 cm³/mol. The summed E-state index contributed by atoms with van der Waals surface area (Å²) in [5, 5.41) is 3.58. The molecule has 102 valence electrons. The van der Waals surface area contributed by atoms with Crippen molar-refractivity contribution in [2.24, 2.45) is 0 Å². The zero-order valence-corrected chi connectivity index (χ0v) is 12.0. The molecule has 2 heteroatoms. The molecule has 1 aromatic carbocycles. The van der Waals surface area contributed by atoms with Crippen LogP contribution in [0.2, 0.25) is 0 Å². The third-order valence-electron chi connectivity index (χ3n) is 3.17. The summed E-state index contributed by atoms with van der Waals surface area (Å²) >= 11 is 0. The summed E-state index contributed by atoms with van der Waals surface area (Å²) in [5.74, 6) is 0. The Hall–Kier alpha value is -0.860. The van der Waals surface area contributed by atoms with E-state index in [4.69, 9.17) is 4.74 Å². The molecule has 1 rings (SSSR count). The molecular weight excluding hydrogens is 222 g/mol. The molecule has 0 aliphatic carbocycles. The van der Waals surface area contributed by atoms with Gasteiger partial charge in [0.25, 0.3) is 0 Å². The molecule has 0 fully saturated rings. The van der Waals surface area contributed by atoms with Crippen molar-refractivity contribution in [2.45, 2.75) is 52.2 Å². The minimum absolute atomic E-state index is 0.320. The highest BCUT2D eigenvalue weighted by atomic mass is 16.5. The average Bonchev–Trinajstić information content (AvgIpc) is 2.39. The summed E-state index contributed by atoms with van der Waals surface area (Å²) < 4.78 is 5.91. The van der Waals surface area contributed by atoms with Gasteiger partial charge < -0.3 is 10.1 Å². The third-order valence-corrected chi connectivity index (χ3v) is 3.17. The van der Waals surface area contributed by atoms with Gasteiger partial charge in [-0.1, -0.05) is 50.6 Å². The van der Waals surface area contributed by atoms with Gasteiger partial charge in [-0.05, 0) is 31.9 Å². The van der Waals surface area contributed by atoms with Crippen LogP contribution in [-0.2, 0) is 11.2 Å². The molecule has 0 aliphatic rings. The molecule has 0 radical (unpaired) electrons. The van der Waals surface area contributed by atoms with Gasteiger partial charge in [-0.15, -0.1) is 0 Å². The van der Waals surface area contributed by atoms with Crippen molar-refractivity contribution in [3.05, 3.63) is 35.9 Å². The molecule has 0 amide bonds. The van der Waals surface area contributed by atoms with Crippen LogP contribution in [0.3, 0.4) is 0 Å². The Balaban J connectivity index is 2.66. The van der Waals surface area contributed by atoms with E-state index in [9.17, 15) is 0 Å². The Morgan fingerprint density at radius 1 is 1.11 bits per heavy atom. The van der Waals surface area contributed by atoms with Crippen molar-refractivity contribution < 1.29 is 4.74 Å². The zero-order chi connectivity index (χ0) is 13.2.